The lowest BCUT2D eigenvalue weighted by Crippen LogP contribution is -2.39. The van der Waals surface area contributed by atoms with E-state index in [1.54, 1.807) is 29.7 Å². The Hall–Kier alpha value is -3.13. The van der Waals surface area contributed by atoms with E-state index >= 15 is 0 Å². The molecule has 0 amide bonds. The Balaban J connectivity index is 1.27. The second-order valence-corrected chi connectivity index (χ2v) is 10.0. The zero-order valence-electron chi connectivity index (χ0n) is 18.7. The summed E-state index contributed by atoms with van der Waals surface area (Å²) < 4.78 is 42.2. The molecule has 2 atom stereocenters. The number of nitrogens with zero attached hydrogens (tertiary/aromatic N) is 4. The van der Waals surface area contributed by atoms with Crippen molar-refractivity contribution in [2.75, 3.05) is 22.7 Å². The zero-order chi connectivity index (χ0) is 24.5. The summed E-state index contributed by atoms with van der Waals surface area (Å²) in [5.74, 6) is 1.85. The quantitative estimate of drug-likeness (QED) is 0.221. The fourth-order valence-electron chi connectivity index (χ4n) is 3.36. The van der Waals surface area contributed by atoms with E-state index in [9.17, 15) is 8.42 Å². The molecule has 184 valence electrons. The third-order valence-corrected chi connectivity index (χ3v) is 6.93. The molecule has 0 bridgehead atoms. The summed E-state index contributed by atoms with van der Waals surface area (Å²) in [6.45, 7) is 2.64. The first-order valence-corrected chi connectivity index (χ1v) is 13.8. The number of pyridine rings is 1. The van der Waals surface area contributed by atoms with Crippen LogP contribution in [-0.4, -0.2) is 42.7 Å². The Morgan fingerprint density at radius 3 is 2.51 bits per heavy atom. The fraction of sp³-hybridized carbons (Fsp3) is 0.227. The summed E-state index contributed by atoms with van der Waals surface area (Å²) in [5, 5.41) is 8.47. The van der Waals surface area contributed by atoms with Crippen molar-refractivity contribution >= 4 is 57.0 Å². The van der Waals surface area contributed by atoms with E-state index in [2.05, 4.69) is 45.5 Å². The zero-order valence-corrected chi connectivity index (χ0v) is 21.1. The minimum Gasteiger partial charge on any atom is -0.366 e. The molecule has 2 unspecified atom stereocenters. The van der Waals surface area contributed by atoms with E-state index in [0.29, 0.717) is 30.4 Å². The average molecular weight is 532 g/mol. The summed E-state index contributed by atoms with van der Waals surface area (Å²) in [6.07, 6.45) is 2.62. The number of thiophene rings is 1. The van der Waals surface area contributed by atoms with Gasteiger partial charge in [-0.2, -0.15) is 0 Å². The standard InChI is InChI=1S/C22H25N7O3S3/c30-34-27-21(22(28-34)25-15-17-7-9-18(10-8-17)26-35(31)32)24-12-4-13-29(16-19-5-3-14-33-19)20-6-1-2-11-23-20/h1-3,5-11,14,26H,4,12-13,15-16H2,(H,24,27)(H,25,28)(H,31,32). The summed E-state index contributed by atoms with van der Waals surface area (Å²) in [5.41, 5.74) is 1.47. The topological polar surface area (TPSA) is 131 Å². The van der Waals surface area contributed by atoms with Crippen LogP contribution in [0.15, 0.2) is 75.0 Å². The number of aromatic nitrogens is 1. The highest BCUT2D eigenvalue weighted by Crippen LogP contribution is 2.17. The van der Waals surface area contributed by atoms with Crippen molar-refractivity contribution in [3.63, 3.8) is 0 Å². The monoisotopic (exact) mass is 531 g/mol. The lowest BCUT2D eigenvalue weighted by molar-refractivity contribution is 0.570. The summed E-state index contributed by atoms with van der Waals surface area (Å²) in [6, 6.07) is 17.1. The van der Waals surface area contributed by atoms with Crippen LogP contribution in [0.5, 0.6) is 0 Å². The van der Waals surface area contributed by atoms with E-state index < -0.39 is 22.4 Å². The second kappa shape index (κ2) is 12.5. The molecule has 0 spiro atoms. The Bertz CT molecular complexity index is 1200. The molecule has 0 aliphatic carbocycles. The number of benzene rings is 1. The molecule has 1 aliphatic heterocycles. The molecule has 4 N–H and O–H groups in total. The fourth-order valence-corrected chi connectivity index (χ4v) is 5.07. The number of rotatable bonds is 11. The molecule has 35 heavy (non-hydrogen) atoms. The van der Waals surface area contributed by atoms with Crippen molar-refractivity contribution < 1.29 is 13.0 Å². The molecule has 10 nitrogen and oxygen atoms in total. The number of nitrogens with one attached hydrogen (secondary N) is 3. The maximum absolute atomic E-state index is 11.9. The number of amidine groups is 2. The first-order chi connectivity index (χ1) is 17.1. The lowest BCUT2D eigenvalue weighted by Gasteiger charge is -2.23. The van der Waals surface area contributed by atoms with Crippen LogP contribution in [0.1, 0.15) is 16.9 Å². The van der Waals surface area contributed by atoms with Gasteiger partial charge in [-0.1, -0.05) is 24.3 Å². The molecule has 4 rings (SSSR count). The normalized spacial score (nSPS) is 15.7. The van der Waals surface area contributed by atoms with Crippen LogP contribution in [0.4, 0.5) is 11.5 Å². The van der Waals surface area contributed by atoms with Gasteiger partial charge in [0.15, 0.2) is 11.7 Å². The number of hydrogen-bond donors (Lipinski definition) is 4. The lowest BCUT2D eigenvalue weighted by atomic mass is 10.2. The maximum Gasteiger partial charge on any atom is 0.269 e. The van der Waals surface area contributed by atoms with Crippen molar-refractivity contribution in [2.45, 2.75) is 19.5 Å². The second-order valence-electron chi connectivity index (χ2n) is 7.48. The first-order valence-electron chi connectivity index (χ1n) is 10.8. The molecule has 0 saturated heterocycles. The predicted molar refractivity (Wildman–Crippen MR) is 143 cm³/mol. The van der Waals surface area contributed by atoms with Gasteiger partial charge in [0.25, 0.3) is 22.4 Å². The highest BCUT2D eigenvalue weighted by Gasteiger charge is 2.18. The summed E-state index contributed by atoms with van der Waals surface area (Å²) >= 11 is -2.05. The van der Waals surface area contributed by atoms with Gasteiger partial charge in [-0.15, -0.1) is 20.1 Å². The first kappa shape index (κ1) is 25.0. The van der Waals surface area contributed by atoms with Crippen LogP contribution in [0.3, 0.4) is 0 Å². The van der Waals surface area contributed by atoms with Gasteiger partial charge in [0.1, 0.15) is 5.82 Å². The highest BCUT2D eigenvalue weighted by atomic mass is 32.2. The smallest absolute Gasteiger partial charge is 0.269 e. The number of hydrogen-bond acceptors (Lipinski definition) is 7. The van der Waals surface area contributed by atoms with Crippen molar-refractivity contribution in [1.29, 1.82) is 0 Å². The van der Waals surface area contributed by atoms with E-state index in [-0.39, 0.29) is 0 Å². The van der Waals surface area contributed by atoms with Crippen molar-refractivity contribution in [3.8, 4) is 0 Å². The van der Waals surface area contributed by atoms with Gasteiger partial charge >= 0.3 is 0 Å². The van der Waals surface area contributed by atoms with E-state index in [1.807, 2.05) is 36.4 Å². The summed E-state index contributed by atoms with van der Waals surface area (Å²) in [7, 11) is 0. The Morgan fingerprint density at radius 1 is 1.03 bits per heavy atom. The molecule has 1 aromatic carbocycles. The van der Waals surface area contributed by atoms with Crippen molar-refractivity contribution in [1.82, 2.24) is 15.6 Å². The van der Waals surface area contributed by atoms with Crippen LogP contribution in [0.2, 0.25) is 0 Å². The van der Waals surface area contributed by atoms with Gasteiger partial charge in [0.2, 0.25) is 0 Å². The van der Waals surface area contributed by atoms with Gasteiger partial charge in [-0.05, 0) is 47.7 Å². The minimum atomic E-state index is -2.11. The molecule has 13 heteroatoms. The maximum atomic E-state index is 11.9. The van der Waals surface area contributed by atoms with Gasteiger partial charge in [-0.3, -0.25) is 9.27 Å². The van der Waals surface area contributed by atoms with Crippen LogP contribution in [-0.2, 0) is 35.5 Å². The molecule has 3 heterocycles. The third-order valence-electron chi connectivity index (χ3n) is 4.98. The molecular formula is C22H25N7O3S3. The SMILES string of the molecule is O=S1N=C(NCCCN(Cc2cccs2)c2ccccn2)C(NCc2ccc(NS(=O)O)cc2)=N1. The van der Waals surface area contributed by atoms with Crippen molar-refractivity contribution in [2.24, 2.45) is 8.80 Å². The predicted octanol–water partition coefficient (Wildman–Crippen LogP) is 2.86. The largest absolute Gasteiger partial charge is 0.366 e. The third kappa shape index (κ3) is 7.68. The Morgan fingerprint density at radius 2 is 1.83 bits per heavy atom. The Kier molecular flexibility index (Phi) is 8.95. The molecule has 0 radical (unpaired) electrons. The average Bonchev–Trinajstić information content (AvgIpc) is 3.50. The van der Waals surface area contributed by atoms with Crippen molar-refractivity contribution in [3.05, 3.63) is 76.6 Å². The van der Waals surface area contributed by atoms with Gasteiger partial charge in [0.05, 0.1) is 6.54 Å². The molecule has 2 aromatic heterocycles. The molecular weight excluding hydrogens is 506 g/mol. The van der Waals surface area contributed by atoms with Gasteiger partial charge < -0.3 is 15.5 Å². The van der Waals surface area contributed by atoms with Crippen LogP contribution in [0.25, 0.3) is 0 Å². The minimum absolute atomic E-state index is 0.438. The van der Waals surface area contributed by atoms with Crippen LogP contribution < -0.4 is 20.3 Å². The molecule has 0 fully saturated rings. The number of anilines is 2. The van der Waals surface area contributed by atoms with E-state index in [0.717, 1.165) is 30.9 Å². The molecule has 1 aliphatic rings. The van der Waals surface area contributed by atoms with Gasteiger partial charge in [-0.25, -0.2) is 13.4 Å². The van der Waals surface area contributed by atoms with Crippen LogP contribution in [0, 0.1) is 0 Å². The molecule has 3 aromatic rings. The molecule has 0 saturated carbocycles. The Labute approximate surface area is 212 Å². The van der Waals surface area contributed by atoms with E-state index in [1.165, 1.54) is 4.88 Å². The van der Waals surface area contributed by atoms with Gasteiger partial charge in [0, 0.05) is 36.4 Å². The summed E-state index contributed by atoms with van der Waals surface area (Å²) in [4.78, 5) is 8.00. The van der Waals surface area contributed by atoms with Crippen LogP contribution >= 0.6 is 11.3 Å². The highest BCUT2D eigenvalue weighted by molar-refractivity contribution is 7.83. The van der Waals surface area contributed by atoms with E-state index in [4.69, 9.17) is 4.55 Å².